The van der Waals surface area contributed by atoms with Crippen LogP contribution in [0.3, 0.4) is 0 Å². The third-order valence-electron chi connectivity index (χ3n) is 4.59. The fraction of sp³-hybridized carbons (Fsp3) is 0.250. The number of carbonyl (C=O) groups excluding carboxylic acids is 1. The first-order valence-corrected chi connectivity index (χ1v) is 9.17. The van der Waals surface area contributed by atoms with E-state index in [1.807, 2.05) is 42.2 Å². The average molecular weight is 383 g/mol. The molecule has 1 N–H and O–H groups in total. The van der Waals surface area contributed by atoms with Crippen molar-refractivity contribution in [3.05, 3.63) is 58.7 Å². The van der Waals surface area contributed by atoms with Gasteiger partial charge >= 0.3 is 0 Å². The van der Waals surface area contributed by atoms with Crippen LogP contribution >= 0.6 is 11.6 Å². The van der Waals surface area contributed by atoms with Gasteiger partial charge in [0.2, 0.25) is 0 Å². The van der Waals surface area contributed by atoms with Crippen molar-refractivity contribution in [2.45, 2.75) is 6.92 Å². The van der Waals surface area contributed by atoms with Gasteiger partial charge in [0, 0.05) is 23.8 Å². The minimum absolute atomic E-state index is 0.301. The number of rotatable bonds is 3. The van der Waals surface area contributed by atoms with E-state index < -0.39 is 0 Å². The number of hydrogen-bond donors (Lipinski definition) is 1. The number of para-hydroxylation sites is 2. The topological polar surface area (TPSA) is 67.4 Å². The zero-order valence-electron chi connectivity index (χ0n) is 14.9. The quantitative estimate of drug-likeness (QED) is 0.748. The van der Waals surface area contributed by atoms with E-state index in [1.165, 1.54) is 0 Å². The molecule has 1 aliphatic heterocycles. The number of hydrogen-bond acceptors (Lipinski definition) is 5. The minimum atomic E-state index is -0.305. The van der Waals surface area contributed by atoms with Crippen LogP contribution in [0, 0.1) is 6.92 Å². The third kappa shape index (κ3) is 3.59. The Labute approximate surface area is 162 Å². The molecule has 2 heterocycles. The number of ether oxygens (including phenoxy) is 1. The molecule has 1 aromatic heterocycles. The maximum Gasteiger partial charge on any atom is 0.278 e. The van der Waals surface area contributed by atoms with Crippen molar-refractivity contribution in [1.29, 1.82) is 0 Å². The highest BCUT2D eigenvalue weighted by atomic mass is 35.5. The van der Waals surface area contributed by atoms with E-state index in [4.69, 9.17) is 21.3 Å². The minimum Gasteiger partial charge on any atom is -0.378 e. The van der Waals surface area contributed by atoms with E-state index in [0.29, 0.717) is 54.0 Å². The van der Waals surface area contributed by atoms with Gasteiger partial charge in [0.05, 0.1) is 24.2 Å². The number of aromatic nitrogens is 2. The summed E-state index contributed by atoms with van der Waals surface area (Å²) >= 11 is 6.17. The van der Waals surface area contributed by atoms with Crippen LogP contribution in [0.1, 0.15) is 16.1 Å². The first-order chi connectivity index (χ1) is 13.1. The zero-order chi connectivity index (χ0) is 18.8. The maximum absolute atomic E-state index is 13.1. The monoisotopic (exact) mass is 382 g/mol. The van der Waals surface area contributed by atoms with E-state index in [2.05, 4.69) is 10.3 Å². The van der Waals surface area contributed by atoms with E-state index in [9.17, 15) is 4.79 Å². The molecule has 0 bridgehead atoms. The first kappa shape index (κ1) is 17.7. The molecule has 1 fully saturated rings. The predicted octanol–water partition coefficient (Wildman–Crippen LogP) is 3.68. The summed E-state index contributed by atoms with van der Waals surface area (Å²) in [7, 11) is 0. The highest BCUT2D eigenvalue weighted by Gasteiger charge is 2.23. The number of halogens is 1. The van der Waals surface area contributed by atoms with E-state index in [1.54, 1.807) is 12.1 Å². The lowest BCUT2D eigenvalue weighted by Gasteiger charge is -2.29. The Bertz CT molecular complexity index is 1000. The van der Waals surface area contributed by atoms with Crippen LogP contribution in [0.25, 0.3) is 11.0 Å². The van der Waals surface area contributed by atoms with Crippen molar-refractivity contribution in [3.8, 4) is 0 Å². The van der Waals surface area contributed by atoms with Crippen LogP contribution in [0.15, 0.2) is 42.5 Å². The molecule has 2 aromatic carbocycles. The first-order valence-electron chi connectivity index (χ1n) is 8.79. The lowest BCUT2D eigenvalue weighted by molar-refractivity contribution is 0.102. The summed E-state index contributed by atoms with van der Waals surface area (Å²) in [4.78, 5) is 24.4. The molecule has 3 aromatic rings. The SMILES string of the molecule is Cc1c(Cl)cccc1NC(=O)c1nc2ccccc2nc1N1CCOCC1. The highest BCUT2D eigenvalue weighted by molar-refractivity contribution is 6.31. The number of fused-ring (bicyclic) bond motifs is 1. The molecule has 0 spiro atoms. The van der Waals surface area contributed by atoms with Crippen LogP contribution in [-0.4, -0.2) is 42.2 Å². The second-order valence-corrected chi connectivity index (χ2v) is 6.76. The van der Waals surface area contributed by atoms with Crippen LogP contribution in [0.5, 0.6) is 0 Å². The fourth-order valence-electron chi connectivity index (χ4n) is 3.06. The Hall–Kier alpha value is -2.70. The van der Waals surface area contributed by atoms with Crippen molar-refractivity contribution in [2.75, 3.05) is 36.5 Å². The lowest BCUT2D eigenvalue weighted by atomic mass is 10.2. The van der Waals surface area contributed by atoms with Gasteiger partial charge in [-0.2, -0.15) is 0 Å². The number of nitrogens with zero attached hydrogens (tertiary/aromatic N) is 3. The van der Waals surface area contributed by atoms with Gasteiger partial charge in [-0.25, -0.2) is 9.97 Å². The van der Waals surface area contributed by atoms with Crippen molar-refractivity contribution in [3.63, 3.8) is 0 Å². The smallest absolute Gasteiger partial charge is 0.278 e. The van der Waals surface area contributed by atoms with Crippen LogP contribution in [-0.2, 0) is 4.74 Å². The second kappa shape index (κ2) is 7.50. The molecule has 1 amide bonds. The van der Waals surface area contributed by atoms with Crippen molar-refractivity contribution in [1.82, 2.24) is 9.97 Å². The average Bonchev–Trinajstić information content (AvgIpc) is 2.71. The van der Waals surface area contributed by atoms with Gasteiger partial charge in [0.1, 0.15) is 0 Å². The lowest BCUT2D eigenvalue weighted by Crippen LogP contribution is -2.38. The fourth-order valence-corrected chi connectivity index (χ4v) is 3.24. The summed E-state index contributed by atoms with van der Waals surface area (Å²) in [5, 5.41) is 3.53. The van der Waals surface area contributed by atoms with Gasteiger partial charge < -0.3 is 15.0 Å². The summed E-state index contributed by atoms with van der Waals surface area (Å²) in [5.74, 6) is 0.272. The van der Waals surface area contributed by atoms with Crippen molar-refractivity contribution < 1.29 is 9.53 Å². The Balaban J connectivity index is 1.76. The second-order valence-electron chi connectivity index (χ2n) is 6.35. The summed E-state index contributed by atoms with van der Waals surface area (Å²) in [6.07, 6.45) is 0. The molecule has 138 valence electrons. The predicted molar refractivity (Wildman–Crippen MR) is 107 cm³/mol. The number of anilines is 2. The molecule has 0 aliphatic carbocycles. The molecular weight excluding hydrogens is 364 g/mol. The van der Waals surface area contributed by atoms with Gasteiger partial charge in [0.25, 0.3) is 5.91 Å². The zero-order valence-corrected chi connectivity index (χ0v) is 15.7. The van der Waals surface area contributed by atoms with Gasteiger partial charge in [0.15, 0.2) is 11.5 Å². The summed E-state index contributed by atoms with van der Waals surface area (Å²) in [5.41, 5.74) is 3.22. The van der Waals surface area contributed by atoms with E-state index in [-0.39, 0.29) is 5.91 Å². The molecule has 0 saturated carbocycles. The van der Waals surface area contributed by atoms with Crippen molar-refractivity contribution >= 4 is 40.0 Å². The summed E-state index contributed by atoms with van der Waals surface area (Å²) in [6, 6.07) is 13.0. The molecule has 0 atom stereocenters. The Morgan fingerprint density at radius 1 is 1.07 bits per heavy atom. The Kier molecular flexibility index (Phi) is 4.92. The van der Waals surface area contributed by atoms with Gasteiger partial charge in [-0.05, 0) is 36.8 Å². The normalized spacial score (nSPS) is 14.4. The molecule has 0 radical (unpaired) electrons. The van der Waals surface area contributed by atoms with Crippen LogP contribution in [0.2, 0.25) is 5.02 Å². The van der Waals surface area contributed by atoms with Crippen LogP contribution < -0.4 is 10.2 Å². The van der Waals surface area contributed by atoms with Gasteiger partial charge in [-0.3, -0.25) is 4.79 Å². The molecule has 7 heteroatoms. The number of carbonyl (C=O) groups is 1. The molecule has 27 heavy (non-hydrogen) atoms. The van der Waals surface area contributed by atoms with Crippen molar-refractivity contribution in [2.24, 2.45) is 0 Å². The maximum atomic E-state index is 13.1. The number of nitrogens with one attached hydrogen (secondary N) is 1. The van der Waals surface area contributed by atoms with E-state index >= 15 is 0 Å². The Morgan fingerprint density at radius 2 is 1.78 bits per heavy atom. The molecule has 6 nitrogen and oxygen atoms in total. The largest absolute Gasteiger partial charge is 0.378 e. The summed E-state index contributed by atoms with van der Waals surface area (Å²) < 4.78 is 5.43. The van der Waals surface area contributed by atoms with E-state index in [0.717, 1.165) is 11.1 Å². The number of amides is 1. The third-order valence-corrected chi connectivity index (χ3v) is 5.00. The molecule has 4 rings (SSSR count). The van der Waals surface area contributed by atoms with Gasteiger partial charge in [-0.15, -0.1) is 0 Å². The summed E-state index contributed by atoms with van der Waals surface area (Å²) in [6.45, 7) is 4.41. The molecule has 1 aliphatic rings. The highest BCUT2D eigenvalue weighted by Crippen LogP contribution is 2.26. The van der Waals surface area contributed by atoms with Crippen LogP contribution in [0.4, 0.5) is 11.5 Å². The van der Waals surface area contributed by atoms with Gasteiger partial charge in [-0.1, -0.05) is 29.8 Å². The Morgan fingerprint density at radius 3 is 2.52 bits per heavy atom. The molecule has 1 saturated heterocycles. The number of morpholine rings is 1. The molecule has 0 unspecified atom stereocenters. The standard InChI is InChI=1S/C20H19ClN4O2/c1-13-14(21)5-4-8-15(13)24-20(26)18-19(25-9-11-27-12-10-25)23-17-7-3-2-6-16(17)22-18/h2-8H,9-12H2,1H3,(H,24,26). The number of benzene rings is 2. The molecular formula is C20H19ClN4O2.